The zero-order valence-corrected chi connectivity index (χ0v) is 12.2. The maximum Gasteiger partial charge on any atom is 0.124 e. The summed E-state index contributed by atoms with van der Waals surface area (Å²) in [5.74, 6) is 0.827. The van der Waals surface area contributed by atoms with Gasteiger partial charge in [-0.05, 0) is 32.2 Å². The van der Waals surface area contributed by atoms with Crippen LogP contribution in [0.1, 0.15) is 16.8 Å². The van der Waals surface area contributed by atoms with Crippen molar-refractivity contribution in [3.63, 3.8) is 0 Å². The van der Waals surface area contributed by atoms with Crippen molar-refractivity contribution >= 4 is 11.6 Å². The lowest BCUT2D eigenvalue weighted by atomic mass is 10.2. The van der Waals surface area contributed by atoms with Crippen LogP contribution in [0, 0.1) is 6.92 Å². The first-order valence-corrected chi connectivity index (χ1v) is 6.51. The molecule has 0 fully saturated rings. The molecule has 2 aromatic rings. The molecular weight excluding hydrogens is 262 g/mol. The van der Waals surface area contributed by atoms with E-state index >= 15 is 0 Å². The van der Waals surface area contributed by atoms with Crippen LogP contribution in [0.5, 0.6) is 5.75 Å². The number of aromatic nitrogens is 2. The van der Waals surface area contributed by atoms with Crippen LogP contribution in [-0.4, -0.2) is 23.9 Å². The van der Waals surface area contributed by atoms with Gasteiger partial charge >= 0.3 is 0 Å². The number of hydrogen-bond donors (Lipinski definition) is 1. The lowest BCUT2D eigenvalue weighted by Gasteiger charge is -2.09. The maximum absolute atomic E-state index is 6.03. The topological polar surface area (TPSA) is 39.1 Å². The summed E-state index contributed by atoms with van der Waals surface area (Å²) in [6.45, 7) is 3.48. The van der Waals surface area contributed by atoms with E-state index in [4.69, 9.17) is 16.3 Å². The standard InChI is InChI=1S/C14H18ClN3O/c1-10-12(7-16-2)9-18(17-10)8-11-6-13(15)4-5-14(11)19-3/h4-6,9,16H,7-8H2,1-3H3. The lowest BCUT2D eigenvalue weighted by molar-refractivity contribution is 0.407. The summed E-state index contributed by atoms with van der Waals surface area (Å²) >= 11 is 6.03. The van der Waals surface area contributed by atoms with Crippen molar-refractivity contribution in [2.45, 2.75) is 20.0 Å². The molecule has 1 heterocycles. The number of aryl methyl sites for hydroxylation is 1. The largest absolute Gasteiger partial charge is 0.496 e. The van der Waals surface area contributed by atoms with Gasteiger partial charge in [-0.15, -0.1) is 0 Å². The molecule has 0 bridgehead atoms. The number of halogens is 1. The Morgan fingerprint density at radius 1 is 1.37 bits per heavy atom. The number of hydrogen-bond acceptors (Lipinski definition) is 3. The van der Waals surface area contributed by atoms with E-state index in [1.165, 1.54) is 5.56 Å². The molecule has 4 nitrogen and oxygen atoms in total. The molecule has 102 valence electrons. The van der Waals surface area contributed by atoms with Crippen LogP contribution in [0.4, 0.5) is 0 Å². The van der Waals surface area contributed by atoms with Gasteiger partial charge in [-0.25, -0.2) is 0 Å². The number of ether oxygens (including phenoxy) is 1. The van der Waals surface area contributed by atoms with E-state index in [0.29, 0.717) is 11.6 Å². The zero-order valence-electron chi connectivity index (χ0n) is 11.4. The van der Waals surface area contributed by atoms with Crippen molar-refractivity contribution in [3.05, 3.63) is 46.2 Å². The summed E-state index contributed by atoms with van der Waals surface area (Å²) in [6.07, 6.45) is 2.05. The molecular formula is C14H18ClN3O. The highest BCUT2D eigenvalue weighted by Crippen LogP contribution is 2.23. The highest BCUT2D eigenvalue weighted by molar-refractivity contribution is 6.30. The average molecular weight is 280 g/mol. The molecule has 19 heavy (non-hydrogen) atoms. The fourth-order valence-electron chi connectivity index (χ4n) is 2.05. The SMILES string of the molecule is CNCc1cn(Cc2cc(Cl)ccc2OC)nc1C. The molecule has 0 aliphatic heterocycles. The minimum atomic E-state index is 0.647. The third kappa shape index (κ3) is 3.28. The van der Waals surface area contributed by atoms with E-state index in [1.54, 1.807) is 7.11 Å². The monoisotopic (exact) mass is 279 g/mol. The van der Waals surface area contributed by atoms with E-state index in [-0.39, 0.29) is 0 Å². The third-order valence-electron chi connectivity index (χ3n) is 2.99. The fourth-order valence-corrected chi connectivity index (χ4v) is 2.24. The molecule has 2 rings (SSSR count). The second kappa shape index (κ2) is 6.08. The lowest BCUT2D eigenvalue weighted by Crippen LogP contribution is -2.05. The minimum absolute atomic E-state index is 0.647. The molecule has 0 spiro atoms. The summed E-state index contributed by atoms with van der Waals surface area (Å²) in [5, 5.41) is 8.35. The molecule has 1 N–H and O–H groups in total. The Morgan fingerprint density at radius 3 is 2.84 bits per heavy atom. The molecule has 0 saturated heterocycles. The van der Waals surface area contributed by atoms with Gasteiger partial charge in [0, 0.05) is 28.9 Å². The predicted octanol–water partition coefficient (Wildman–Crippen LogP) is 2.62. The van der Waals surface area contributed by atoms with Crippen LogP contribution in [0.15, 0.2) is 24.4 Å². The first-order valence-electron chi connectivity index (χ1n) is 6.14. The molecule has 0 amide bonds. The van der Waals surface area contributed by atoms with Crippen molar-refractivity contribution < 1.29 is 4.74 Å². The van der Waals surface area contributed by atoms with E-state index in [9.17, 15) is 0 Å². The third-order valence-corrected chi connectivity index (χ3v) is 3.23. The number of methoxy groups -OCH3 is 1. The molecule has 0 aliphatic carbocycles. The van der Waals surface area contributed by atoms with Gasteiger partial charge in [0.2, 0.25) is 0 Å². The van der Waals surface area contributed by atoms with E-state index < -0.39 is 0 Å². The zero-order chi connectivity index (χ0) is 13.8. The minimum Gasteiger partial charge on any atom is -0.496 e. The highest BCUT2D eigenvalue weighted by Gasteiger charge is 2.08. The Hall–Kier alpha value is -1.52. The Kier molecular flexibility index (Phi) is 4.45. The van der Waals surface area contributed by atoms with Crippen LogP contribution in [0.2, 0.25) is 5.02 Å². The average Bonchev–Trinajstić information content (AvgIpc) is 2.71. The normalized spacial score (nSPS) is 10.7. The van der Waals surface area contributed by atoms with Crippen molar-refractivity contribution in [2.24, 2.45) is 0 Å². The first-order chi connectivity index (χ1) is 9.13. The number of rotatable bonds is 5. The van der Waals surface area contributed by atoms with Crippen molar-refractivity contribution in [3.8, 4) is 5.75 Å². The number of nitrogens with zero attached hydrogens (tertiary/aromatic N) is 2. The van der Waals surface area contributed by atoms with E-state index in [0.717, 1.165) is 23.6 Å². The van der Waals surface area contributed by atoms with E-state index in [1.807, 2.05) is 43.0 Å². The second-order valence-electron chi connectivity index (χ2n) is 4.42. The van der Waals surface area contributed by atoms with Gasteiger partial charge in [0.05, 0.1) is 19.3 Å². The van der Waals surface area contributed by atoms with Gasteiger partial charge in [0.1, 0.15) is 5.75 Å². The summed E-state index contributed by atoms with van der Waals surface area (Å²) in [5.41, 5.74) is 3.26. The maximum atomic E-state index is 6.03. The van der Waals surface area contributed by atoms with Gasteiger partial charge in [-0.1, -0.05) is 11.6 Å². The summed E-state index contributed by atoms with van der Waals surface area (Å²) in [6, 6.07) is 5.61. The van der Waals surface area contributed by atoms with Crippen molar-refractivity contribution in [1.82, 2.24) is 15.1 Å². The van der Waals surface area contributed by atoms with Crippen LogP contribution in [-0.2, 0) is 13.1 Å². The summed E-state index contributed by atoms with van der Waals surface area (Å²) in [7, 11) is 3.59. The second-order valence-corrected chi connectivity index (χ2v) is 4.86. The van der Waals surface area contributed by atoms with Crippen LogP contribution < -0.4 is 10.1 Å². The van der Waals surface area contributed by atoms with Gasteiger partial charge < -0.3 is 10.1 Å². The molecule has 5 heteroatoms. The fraction of sp³-hybridized carbons (Fsp3) is 0.357. The Labute approximate surface area is 118 Å². The molecule has 0 saturated carbocycles. The summed E-state index contributed by atoms with van der Waals surface area (Å²) < 4.78 is 7.26. The molecule has 0 atom stereocenters. The Bertz CT molecular complexity index is 566. The van der Waals surface area contributed by atoms with Gasteiger partial charge in [0.15, 0.2) is 0 Å². The van der Waals surface area contributed by atoms with E-state index in [2.05, 4.69) is 10.4 Å². The van der Waals surface area contributed by atoms with Crippen molar-refractivity contribution in [1.29, 1.82) is 0 Å². The molecule has 1 aromatic heterocycles. The highest BCUT2D eigenvalue weighted by atomic mass is 35.5. The van der Waals surface area contributed by atoms with Crippen LogP contribution in [0.25, 0.3) is 0 Å². The number of nitrogens with one attached hydrogen (secondary N) is 1. The predicted molar refractivity (Wildman–Crippen MR) is 76.8 cm³/mol. The van der Waals surface area contributed by atoms with Crippen LogP contribution >= 0.6 is 11.6 Å². The first kappa shape index (κ1) is 13.9. The molecule has 1 aromatic carbocycles. The van der Waals surface area contributed by atoms with Crippen LogP contribution in [0.3, 0.4) is 0 Å². The molecule has 0 radical (unpaired) electrons. The molecule has 0 aliphatic rings. The summed E-state index contributed by atoms with van der Waals surface area (Å²) in [4.78, 5) is 0. The Morgan fingerprint density at radius 2 is 2.16 bits per heavy atom. The Balaban J connectivity index is 2.25. The van der Waals surface area contributed by atoms with Gasteiger partial charge in [-0.2, -0.15) is 5.10 Å². The number of benzene rings is 1. The quantitative estimate of drug-likeness (QED) is 0.914. The van der Waals surface area contributed by atoms with Gasteiger partial charge in [-0.3, -0.25) is 4.68 Å². The van der Waals surface area contributed by atoms with Gasteiger partial charge in [0.25, 0.3) is 0 Å². The smallest absolute Gasteiger partial charge is 0.124 e. The van der Waals surface area contributed by atoms with Crippen molar-refractivity contribution in [2.75, 3.05) is 14.2 Å². The molecule has 0 unspecified atom stereocenters.